The van der Waals surface area contributed by atoms with Crippen LogP contribution >= 0.6 is 0 Å². The van der Waals surface area contributed by atoms with Gasteiger partial charge in [0.1, 0.15) is 6.61 Å². The number of nitrogens with one attached hydrogen (secondary N) is 1. The third-order valence-corrected chi connectivity index (χ3v) is 2.90. The van der Waals surface area contributed by atoms with Gasteiger partial charge in [-0.15, -0.1) is 5.73 Å². The quantitative estimate of drug-likeness (QED) is 0.824. The molecule has 0 fully saturated rings. The van der Waals surface area contributed by atoms with E-state index in [9.17, 15) is 4.79 Å². The van der Waals surface area contributed by atoms with E-state index < -0.39 is 0 Å². The number of hydrogen-bond donors (Lipinski definition) is 1. The topological polar surface area (TPSA) is 38.3 Å². The van der Waals surface area contributed by atoms with Gasteiger partial charge in [0.05, 0.1) is 6.04 Å². The first-order chi connectivity index (χ1) is 9.78. The van der Waals surface area contributed by atoms with Gasteiger partial charge in [-0.05, 0) is 23.6 Å². The molecule has 3 heteroatoms. The van der Waals surface area contributed by atoms with Crippen molar-refractivity contribution < 1.29 is 11.0 Å². The standard InChI is InChI=1S/C15H17NO2.C2H6.H2/c1-2-12-8-9-14(10-12)16-15(17)18-11-13-6-4-3-5-7-13;1-2;/h3-7,9,14H,2,10-11H2,1H3,(H,16,17);1-2H3;1H. The molecule has 0 spiro atoms. The molecule has 20 heavy (non-hydrogen) atoms. The Morgan fingerprint density at radius 3 is 2.70 bits per heavy atom. The summed E-state index contributed by atoms with van der Waals surface area (Å²) >= 11 is 0. The number of ether oxygens (including phenoxy) is 1. The fourth-order valence-corrected chi connectivity index (χ4v) is 1.86. The third-order valence-electron chi connectivity index (χ3n) is 2.90. The highest BCUT2D eigenvalue weighted by atomic mass is 16.5. The second kappa shape index (κ2) is 9.00. The maximum Gasteiger partial charge on any atom is 0.407 e. The Balaban J connectivity index is 0.00000128. The summed E-state index contributed by atoms with van der Waals surface area (Å²) in [5.74, 6) is 0. The fraction of sp³-hybridized carbons (Fsp3) is 0.412. The van der Waals surface area contributed by atoms with Gasteiger partial charge in [0.2, 0.25) is 0 Å². The van der Waals surface area contributed by atoms with Gasteiger partial charge in [0.25, 0.3) is 0 Å². The molecule has 1 N–H and O–H groups in total. The second-order valence-electron chi connectivity index (χ2n) is 4.28. The molecule has 0 bridgehead atoms. The minimum Gasteiger partial charge on any atom is -0.445 e. The molecule has 0 saturated carbocycles. The van der Waals surface area contributed by atoms with Gasteiger partial charge in [-0.2, -0.15) is 0 Å². The summed E-state index contributed by atoms with van der Waals surface area (Å²) in [7, 11) is 0. The first-order valence-corrected chi connectivity index (χ1v) is 7.19. The van der Waals surface area contributed by atoms with Gasteiger partial charge < -0.3 is 10.1 Å². The molecule has 1 aromatic carbocycles. The van der Waals surface area contributed by atoms with E-state index in [-0.39, 0.29) is 13.6 Å². The van der Waals surface area contributed by atoms with Crippen molar-refractivity contribution in [3.8, 4) is 0 Å². The van der Waals surface area contributed by atoms with Gasteiger partial charge >= 0.3 is 6.09 Å². The number of rotatable bonds is 4. The van der Waals surface area contributed by atoms with Crippen LogP contribution in [0.15, 0.2) is 47.7 Å². The summed E-state index contributed by atoms with van der Waals surface area (Å²) in [6.45, 7) is 6.39. The van der Waals surface area contributed by atoms with Crippen LogP contribution in [-0.2, 0) is 11.3 Å². The number of hydrogen-bond acceptors (Lipinski definition) is 2. The van der Waals surface area contributed by atoms with Crippen molar-refractivity contribution in [1.29, 1.82) is 0 Å². The zero-order valence-electron chi connectivity index (χ0n) is 12.5. The molecule has 1 atom stereocenters. The molecule has 1 amide bonds. The largest absolute Gasteiger partial charge is 0.445 e. The summed E-state index contributed by atoms with van der Waals surface area (Å²) < 4.78 is 5.15. The Labute approximate surface area is 122 Å². The van der Waals surface area contributed by atoms with Crippen LogP contribution in [0.4, 0.5) is 4.79 Å². The Kier molecular flexibility index (Phi) is 7.23. The molecule has 0 aliphatic heterocycles. The summed E-state index contributed by atoms with van der Waals surface area (Å²) in [6, 6.07) is 9.67. The predicted octanol–water partition coefficient (Wildman–Crippen LogP) is 4.45. The monoisotopic (exact) mass is 275 g/mol. The van der Waals surface area contributed by atoms with E-state index in [0.717, 1.165) is 18.4 Å². The number of alkyl carbamates (subject to hydrolysis) is 1. The average molecular weight is 275 g/mol. The van der Waals surface area contributed by atoms with E-state index in [0.29, 0.717) is 6.61 Å². The second-order valence-corrected chi connectivity index (χ2v) is 4.28. The van der Waals surface area contributed by atoms with Gasteiger partial charge in [0, 0.05) is 7.85 Å². The Morgan fingerprint density at radius 2 is 2.10 bits per heavy atom. The van der Waals surface area contributed by atoms with E-state index in [1.807, 2.05) is 50.3 Å². The average Bonchev–Trinajstić information content (AvgIpc) is 2.96. The van der Waals surface area contributed by atoms with E-state index in [1.165, 1.54) is 5.57 Å². The van der Waals surface area contributed by atoms with Crippen molar-refractivity contribution in [2.24, 2.45) is 0 Å². The first kappa shape index (κ1) is 16.1. The number of carbonyl (C=O) groups excluding carboxylic acids is 1. The molecule has 2 rings (SSSR count). The van der Waals surface area contributed by atoms with Crippen molar-refractivity contribution in [3.63, 3.8) is 0 Å². The molecule has 110 valence electrons. The molecule has 1 unspecified atom stereocenters. The maximum atomic E-state index is 11.6. The minimum atomic E-state index is -0.376. The van der Waals surface area contributed by atoms with Gasteiger partial charge in [0.15, 0.2) is 0 Å². The van der Waals surface area contributed by atoms with Gasteiger partial charge in [-0.1, -0.05) is 51.1 Å². The lowest BCUT2D eigenvalue weighted by Crippen LogP contribution is -2.32. The highest BCUT2D eigenvalue weighted by Gasteiger charge is 2.15. The molecular weight excluding hydrogens is 250 g/mol. The molecule has 1 aliphatic carbocycles. The fourth-order valence-electron chi connectivity index (χ4n) is 1.86. The summed E-state index contributed by atoms with van der Waals surface area (Å²) in [4.78, 5) is 11.6. The minimum absolute atomic E-state index is 0. The lowest BCUT2D eigenvalue weighted by Gasteiger charge is -2.12. The highest BCUT2D eigenvalue weighted by molar-refractivity contribution is 5.68. The Hall–Kier alpha value is -1.99. The van der Waals surface area contributed by atoms with Crippen molar-refractivity contribution in [2.75, 3.05) is 0 Å². The summed E-state index contributed by atoms with van der Waals surface area (Å²) in [5.41, 5.74) is 5.38. The van der Waals surface area contributed by atoms with Gasteiger partial charge in [-0.25, -0.2) is 4.79 Å². The van der Waals surface area contributed by atoms with E-state index in [4.69, 9.17) is 4.74 Å². The van der Waals surface area contributed by atoms with Crippen LogP contribution in [0.5, 0.6) is 0 Å². The van der Waals surface area contributed by atoms with Crippen molar-refractivity contribution in [1.82, 2.24) is 5.32 Å². The Bertz CT molecular complexity index is 479. The smallest absolute Gasteiger partial charge is 0.407 e. The molecule has 3 nitrogen and oxygen atoms in total. The zero-order chi connectivity index (χ0) is 14.8. The van der Waals surface area contributed by atoms with Gasteiger partial charge in [-0.3, -0.25) is 0 Å². The molecule has 1 aliphatic rings. The van der Waals surface area contributed by atoms with E-state index >= 15 is 0 Å². The van der Waals surface area contributed by atoms with Crippen LogP contribution in [0.2, 0.25) is 0 Å². The lowest BCUT2D eigenvalue weighted by molar-refractivity contribution is 0.137. The van der Waals surface area contributed by atoms with Crippen LogP contribution in [0, 0.1) is 0 Å². The van der Waals surface area contributed by atoms with Crippen LogP contribution in [0.25, 0.3) is 0 Å². The molecule has 0 radical (unpaired) electrons. The molecule has 1 aromatic rings. The zero-order valence-corrected chi connectivity index (χ0v) is 12.5. The molecule has 0 saturated heterocycles. The lowest BCUT2D eigenvalue weighted by atomic mass is 10.1. The van der Waals surface area contributed by atoms with Crippen molar-refractivity contribution in [3.05, 3.63) is 53.3 Å². The van der Waals surface area contributed by atoms with Crippen LogP contribution in [-0.4, -0.2) is 12.1 Å². The number of benzene rings is 1. The van der Waals surface area contributed by atoms with Crippen LogP contribution in [0.1, 0.15) is 40.6 Å². The van der Waals surface area contributed by atoms with Crippen LogP contribution < -0.4 is 5.32 Å². The Morgan fingerprint density at radius 1 is 1.40 bits per heavy atom. The molecule has 0 aromatic heterocycles. The van der Waals surface area contributed by atoms with Crippen molar-refractivity contribution >= 4 is 6.09 Å². The summed E-state index contributed by atoms with van der Waals surface area (Å²) in [5, 5.41) is 2.81. The first-order valence-electron chi connectivity index (χ1n) is 7.19. The summed E-state index contributed by atoms with van der Waals surface area (Å²) in [6.07, 6.45) is 3.34. The van der Waals surface area contributed by atoms with E-state index in [1.54, 1.807) is 0 Å². The third kappa shape index (κ3) is 5.33. The number of carbonyl (C=O) groups is 1. The predicted molar refractivity (Wildman–Crippen MR) is 83.5 cm³/mol. The number of amides is 1. The van der Waals surface area contributed by atoms with Crippen LogP contribution in [0.3, 0.4) is 0 Å². The normalized spacial score (nSPS) is 15.9. The van der Waals surface area contributed by atoms with Crippen molar-refractivity contribution in [2.45, 2.75) is 46.3 Å². The maximum absolute atomic E-state index is 11.6. The molecular formula is C17H25NO2. The molecule has 0 heterocycles. The highest BCUT2D eigenvalue weighted by Crippen LogP contribution is 2.15. The van der Waals surface area contributed by atoms with E-state index in [2.05, 4.69) is 18.0 Å². The SMILES string of the molecule is CC.CCC1=C=CC(NC(=O)OCc2ccccc2)C1.[HH].